The van der Waals surface area contributed by atoms with E-state index in [4.69, 9.17) is 10.5 Å². The number of aromatic nitrogens is 1. The molecule has 1 spiro atoms. The molecule has 0 amide bonds. The van der Waals surface area contributed by atoms with E-state index in [2.05, 4.69) is 34.5 Å². The molecule has 8 nitrogen and oxygen atoms in total. The third-order valence-corrected chi connectivity index (χ3v) is 8.30. The van der Waals surface area contributed by atoms with Gasteiger partial charge in [-0.3, -0.25) is 9.69 Å². The molecular weight excluding hydrogens is 475 g/mol. The second kappa shape index (κ2) is 9.06. The minimum absolute atomic E-state index is 0.115. The van der Waals surface area contributed by atoms with Crippen molar-refractivity contribution in [2.45, 2.75) is 50.6 Å². The zero-order chi connectivity index (χ0) is 25.7. The monoisotopic (exact) mass is 506 g/mol. The van der Waals surface area contributed by atoms with Crippen LogP contribution in [-0.2, 0) is 18.5 Å². The SMILES string of the molecule is Nc1c(F)c(NCCCN2CCc3ccccc3C2)c2c3c1c(=O)c(C(=O)O)cn3C1(CCCC1)CO2. The summed E-state index contributed by atoms with van der Waals surface area (Å²) in [6, 6.07) is 8.49. The number of aromatic carboxylic acids is 1. The zero-order valence-corrected chi connectivity index (χ0v) is 20.7. The molecule has 194 valence electrons. The van der Waals surface area contributed by atoms with Crippen molar-refractivity contribution in [3.63, 3.8) is 0 Å². The molecule has 3 heterocycles. The number of hydrogen-bond acceptors (Lipinski definition) is 6. The van der Waals surface area contributed by atoms with Crippen LogP contribution in [0.25, 0.3) is 10.9 Å². The average Bonchev–Trinajstić information content (AvgIpc) is 3.37. The van der Waals surface area contributed by atoms with Crippen LogP contribution in [0.1, 0.15) is 53.6 Å². The van der Waals surface area contributed by atoms with Gasteiger partial charge in [0.25, 0.3) is 0 Å². The molecule has 3 aromatic rings. The smallest absolute Gasteiger partial charge is 0.341 e. The van der Waals surface area contributed by atoms with E-state index in [0.29, 0.717) is 18.7 Å². The first-order valence-electron chi connectivity index (χ1n) is 13.0. The number of nitrogens with one attached hydrogen (secondary N) is 1. The summed E-state index contributed by atoms with van der Waals surface area (Å²) in [7, 11) is 0. The third-order valence-electron chi connectivity index (χ3n) is 8.30. The molecule has 4 N–H and O–H groups in total. The van der Waals surface area contributed by atoms with Gasteiger partial charge in [-0.2, -0.15) is 0 Å². The lowest BCUT2D eigenvalue weighted by Crippen LogP contribution is -2.42. The molecule has 3 aliphatic rings. The van der Waals surface area contributed by atoms with Gasteiger partial charge >= 0.3 is 5.97 Å². The number of anilines is 2. The molecule has 6 rings (SSSR count). The lowest BCUT2D eigenvalue weighted by Gasteiger charge is -2.39. The Morgan fingerprint density at radius 3 is 2.73 bits per heavy atom. The Balaban J connectivity index is 1.31. The van der Waals surface area contributed by atoms with E-state index in [1.54, 1.807) is 0 Å². The molecule has 1 saturated carbocycles. The van der Waals surface area contributed by atoms with Crippen LogP contribution in [0.3, 0.4) is 0 Å². The topological polar surface area (TPSA) is 110 Å². The highest BCUT2D eigenvalue weighted by Gasteiger charge is 2.43. The Morgan fingerprint density at radius 1 is 1.22 bits per heavy atom. The number of halogens is 1. The third kappa shape index (κ3) is 3.83. The van der Waals surface area contributed by atoms with E-state index < -0.39 is 28.3 Å². The number of rotatable bonds is 6. The van der Waals surface area contributed by atoms with Crippen LogP contribution in [0, 0.1) is 5.82 Å². The Labute approximate surface area is 213 Å². The predicted octanol–water partition coefficient (Wildman–Crippen LogP) is 3.94. The fourth-order valence-electron chi connectivity index (χ4n) is 6.33. The van der Waals surface area contributed by atoms with E-state index in [9.17, 15) is 14.7 Å². The van der Waals surface area contributed by atoms with Crippen LogP contribution in [0.2, 0.25) is 0 Å². The van der Waals surface area contributed by atoms with Gasteiger partial charge in [0, 0.05) is 32.4 Å². The number of hydrogen-bond donors (Lipinski definition) is 3. The van der Waals surface area contributed by atoms with Crippen molar-refractivity contribution in [3.8, 4) is 5.75 Å². The molecule has 37 heavy (non-hydrogen) atoms. The summed E-state index contributed by atoms with van der Waals surface area (Å²) < 4.78 is 23.6. The average molecular weight is 507 g/mol. The standard InChI is InChI=1S/C28H31FN4O4/c29-21-22(30)20-24-26(23(21)31-11-5-12-32-13-8-17-6-1-2-7-18(17)14-32)37-16-28(9-3-4-10-28)33(24)15-19(25(20)34)27(35)36/h1-2,6-7,15,31H,3-5,8-14,16,30H2,(H,35,36). The number of nitrogens with zero attached hydrogens (tertiary/aromatic N) is 2. The van der Waals surface area contributed by atoms with Crippen molar-refractivity contribution < 1.29 is 19.0 Å². The number of fused-ring (bicyclic) bond motifs is 2. The minimum Gasteiger partial charge on any atom is -0.487 e. The number of nitrogens with two attached hydrogens (primary N) is 1. The van der Waals surface area contributed by atoms with Crippen LogP contribution >= 0.6 is 0 Å². The normalized spacial score (nSPS) is 18.1. The van der Waals surface area contributed by atoms with Crippen LogP contribution < -0.4 is 21.2 Å². The van der Waals surface area contributed by atoms with Gasteiger partial charge < -0.3 is 25.5 Å². The first-order valence-corrected chi connectivity index (χ1v) is 13.0. The lowest BCUT2D eigenvalue weighted by molar-refractivity contribution is 0.0692. The number of nitrogen functional groups attached to an aromatic ring is 1. The molecule has 0 atom stereocenters. The van der Waals surface area contributed by atoms with E-state index in [-0.39, 0.29) is 22.5 Å². The van der Waals surface area contributed by atoms with Gasteiger partial charge in [-0.05, 0) is 36.8 Å². The van der Waals surface area contributed by atoms with Gasteiger partial charge in [-0.15, -0.1) is 0 Å². The van der Waals surface area contributed by atoms with E-state index in [0.717, 1.165) is 58.2 Å². The summed E-state index contributed by atoms with van der Waals surface area (Å²) in [5, 5.41) is 12.8. The van der Waals surface area contributed by atoms with E-state index in [1.807, 2.05) is 4.57 Å². The molecule has 0 saturated heterocycles. The first-order chi connectivity index (χ1) is 17.9. The second-order valence-corrected chi connectivity index (χ2v) is 10.5. The summed E-state index contributed by atoms with van der Waals surface area (Å²) in [5.41, 5.74) is 7.47. The maximum Gasteiger partial charge on any atom is 0.341 e. The number of carbonyl (C=O) groups is 1. The van der Waals surface area contributed by atoms with Crippen LogP contribution in [-0.4, -0.2) is 46.8 Å². The quantitative estimate of drug-likeness (QED) is 0.343. The Bertz CT molecular complexity index is 1460. The summed E-state index contributed by atoms with van der Waals surface area (Å²) >= 11 is 0. The molecule has 0 unspecified atom stereocenters. The van der Waals surface area contributed by atoms with Crippen LogP contribution in [0.4, 0.5) is 15.8 Å². The van der Waals surface area contributed by atoms with Gasteiger partial charge in [0.05, 0.1) is 22.1 Å². The number of carboxylic acids is 1. The Kier molecular flexibility index (Phi) is 5.82. The molecule has 1 aromatic heterocycles. The van der Waals surface area contributed by atoms with E-state index in [1.165, 1.54) is 17.3 Å². The van der Waals surface area contributed by atoms with Crippen molar-refractivity contribution in [3.05, 3.63) is 63.2 Å². The van der Waals surface area contributed by atoms with Gasteiger partial charge in [0.15, 0.2) is 11.6 Å². The summed E-state index contributed by atoms with van der Waals surface area (Å²) in [5.74, 6) is -1.89. The maximum atomic E-state index is 15.6. The number of pyridine rings is 1. The van der Waals surface area contributed by atoms with Gasteiger partial charge in [-0.25, -0.2) is 9.18 Å². The molecular formula is C28H31FN4O4. The zero-order valence-electron chi connectivity index (χ0n) is 20.7. The fraction of sp³-hybridized carbons (Fsp3) is 0.429. The van der Waals surface area contributed by atoms with Crippen molar-refractivity contribution in [1.29, 1.82) is 0 Å². The van der Waals surface area contributed by atoms with Crippen LogP contribution in [0.15, 0.2) is 35.3 Å². The van der Waals surface area contributed by atoms with Gasteiger partial charge in [0.1, 0.15) is 17.9 Å². The summed E-state index contributed by atoms with van der Waals surface area (Å²) in [6.07, 6.45) is 6.74. The van der Waals surface area contributed by atoms with Gasteiger partial charge in [-0.1, -0.05) is 37.1 Å². The van der Waals surface area contributed by atoms with Crippen molar-refractivity contribution in [2.24, 2.45) is 0 Å². The predicted molar refractivity (Wildman–Crippen MR) is 140 cm³/mol. The largest absolute Gasteiger partial charge is 0.487 e. The number of ether oxygens (including phenoxy) is 1. The Hall–Kier alpha value is -3.59. The van der Waals surface area contributed by atoms with Crippen molar-refractivity contribution in [1.82, 2.24) is 9.47 Å². The Morgan fingerprint density at radius 2 is 1.97 bits per heavy atom. The minimum atomic E-state index is -1.35. The highest BCUT2D eigenvalue weighted by atomic mass is 19.1. The molecule has 0 bridgehead atoms. The van der Waals surface area contributed by atoms with Crippen molar-refractivity contribution in [2.75, 3.05) is 37.3 Å². The molecule has 1 aliphatic carbocycles. The molecule has 0 radical (unpaired) electrons. The van der Waals surface area contributed by atoms with Crippen molar-refractivity contribution >= 4 is 28.2 Å². The van der Waals surface area contributed by atoms with E-state index >= 15 is 4.39 Å². The molecule has 2 aliphatic heterocycles. The lowest BCUT2D eigenvalue weighted by atomic mass is 9.93. The summed E-state index contributed by atoms with van der Waals surface area (Å²) in [4.78, 5) is 27.4. The highest BCUT2D eigenvalue weighted by molar-refractivity contribution is 6.03. The maximum absolute atomic E-state index is 15.6. The highest BCUT2D eigenvalue weighted by Crippen LogP contribution is 2.48. The fourth-order valence-corrected chi connectivity index (χ4v) is 6.33. The summed E-state index contributed by atoms with van der Waals surface area (Å²) in [6.45, 7) is 3.55. The van der Waals surface area contributed by atoms with Crippen LogP contribution in [0.5, 0.6) is 5.75 Å². The molecule has 9 heteroatoms. The first kappa shape index (κ1) is 23.8. The molecule has 2 aromatic carbocycles. The second-order valence-electron chi connectivity index (χ2n) is 10.5. The molecule has 1 fully saturated rings. The number of carboxylic acid groups (broad SMARTS) is 1. The number of benzene rings is 2. The van der Waals surface area contributed by atoms with Gasteiger partial charge in [0.2, 0.25) is 5.43 Å².